The number of benzene rings is 3. The van der Waals surface area contributed by atoms with Crippen LogP contribution in [-0.4, -0.2) is 57.4 Å². The van der Waals surface area contributed by atoms with Crippen LogP contribution in [-0.2, 0) is 14.2 Å². The van der Waals surface area contributed by atoms with Gasteiger partial charge in [-0.05, 0) is 42.5 Å². The average molecular weight is 556 g/mol. The van der Waals surface area contributed by atoms with Crippen LogP contribution in [0.5, 0.6) is 0 Å². The number of nitrogens with one attached hydrogen (secondary N) is 1. The molecule has 1 amide bonds. The predicted molar refractivity (Wildman–Crippen MR) is 145 cm³/mol. The van der Waals surface area contributed by atoms with Gasteiger partial charge in [0.05, 0.1) is 17.7 Å². The van der Waals surface area contributed by atoms with E-state index in [0.29, 0.717) is 5.56 Å². The highest BCUT2D eigenvalue weighted by Gasteiger charge is 2.51. The Balaban J connectivity index is 1.44. The molecule has 2 heterocycles. The van der Waals surface area contributed by atoms with Gasteiger partial charge in [0.1, 0.15) is 11.9 Å². The summed E-state index contributed by atoms with van der Waals surface area (Å²) in [6.07, 6.45) is -3.75. The molecule has 1 saturated heterocycles. The highest BCUT2D eigenvalue weighted by Crippen LogP contribution is 2.34. The molecule has 0 radical (unpaired) electrons. The van der Waals surface area contributed by atoms with Crippen LogP contribution in [0.4, 0.5) is 5.82 Å². The van der Waals surface area contributed by atoms with Gasteiger partial charge in [-0.2, -0.15) is 4.98 Å². The summed E-state index contributed by atoms with van der Waals surface area (Å²) in [5, 5.41) is 12.6. The fourth-order valence-electron chi connectivity index (χ4n) is 4.33. The highest BCUT2D eigenvalue weighted by atomic mass is 16.6. The third kappa shape index (κ3) is 6.21. The number of aliphatic hydroxyl groups is 1. The minimum absolute atomic E-state index is 0.0123. The molecule has 5 rings (SSSR count). The maximum atomic E-state index is 13.1. The molecule has 0 aliphatic carbocycles. The summed E-state index contributed by atoms with van der Waals surface area (Å²) in [7, 11) is 0. The fourth-order valence-corrected chi connectivity index (χ4v) is 4.33. The lowest BCUT2D eigenvalue weighted by atomic mass is 10.1. The molecule has 11 nitrogen and oxygen atoms in total. The Hall–Kier alpha value is -5.13. The molecule has 208 valence electrons. The second kappa shape index (κ2) is 12.4. The molecule has 0 spiro atoms. The molecular weight excluding hydrogens is 530 g/mol. The third-order valence-corrected chi connectivity index (χ3v) is 6.35. The van der Waals surface area contributed by atoms with Crippen LogP contribution < -0.4 is 11.0 Å². The van der Waals surface area contributed by atoms with E-state index >= 15 is 0 Å². The number of nitrogens with zero attached hydrogens (tertiary/aromatic N) is 2. The minimum Gasteiger partial charge on any atom is -0.452 e. The van der Waals surface area contributed by atoms with Gasteiger partial charge in [0, 0.05) is 11.8 Å². The quantitative estimate of drug-likeness (QED) is 0.313. The zero-order chi connectivity index (χ0) is 28.8. The molecule has 1 aromatic heterocycles. The standard InChI is InChI=1S/C30H25N3O8/c34-18-22-24(40-28(36)20-12-6-2-7-13-20)25(41-29(37)21-14-8-3-9-15-21)27(39-22)33-17-16-23(32-30(33)38)31-26(35)19-10-4-1-5-11-19/h1-17,22,24-25,27,34H,18H2,(H,31,32,35,38)/t22-,24-,25-,27-/m1/s1. The van der Waals surface area contributed by atoms with Gasteiger partial charge in [0.2, 0.25) is 0 Å². The summed E-state index contributed by atoms with van der Waals surface area (Å²) in [4.78, 5) is 55.5. The van der Waals surface area contributed by atoms with Crippen molar-refractivity contribution in [2.45, 2.75) is 24.5 Å². The number of carbonyl (C=O) groups is 3. The van der Waals surface area contributed by atoms with Crippen LogP contribution in [0.1, 0.15) is 37.3 Å². The molecule has 1 aliphatic rings. The van der Waals surface area contributed by atoms with Crippen molar-refractivity contribution >= 4 is 23.7 Å². The SMILES string of the molecule is O=C(Nc1ccn([C@@H]2O[C@H](CO)[C@@H](OC(=O)c3ccccc3)[C@H]2OC(=O)c2ccccc2)c(=O)n1)c1ccccc1. The van der Waals surface area contributed by atoms with Crippen LogP contribution in [0.25, 0.3) is 0 Å². The van der Waals surface area contributed by atoms with Gasteiger partial charge in [0.25, 0.3) is 5.91 Å². The first kappa shape index (κ1) is 27.4. The van der Waals surface area contributed by atoms with Crippen LogP contribution in [0, 0.1) is 0 Å². The van der Waals surface area contributed by atoms with Gasteiger partial charge in [-0.25, -0.2) is 14.4 Å². The molecule has 2 N–H and O–H groups in total. The molecule has 4 aromatic rings. The first-order valence-corrected chi connectivity index (χ1v) is 12.7. The first-order valence-electron chi connectivity index (χ1n) is 12.7. The topological polar surface area (TPSA) is 146 Å². The summed E-state index contributed by atoms with van der Waals surface area (Å²) < 4.78 is 18.4. The second-order valence-electron chi connectivity index (χ2n) is 9.04. The van der Waals surface area contributed by atoms with Gasteiger partial charge < -0.3 is 24.6 Å². The molecule has 41 heavy (non-hydrogen) atoms. The van der Waals surface area contributed by atoms with Crippen molar-refractivity contribution in [3.8, 4) is 0 Å². The van der Waals surface area contributed by atoms with E-state index in [2.05, 4.69) is 10.3 Å². The van der Waals surface area contributed by atoms with Gasteiger partial charge >= 0.3 is 17.6 Å². The Morgan fingerprint density at radius 1 is 0.780 bits per heavy atom. The maximum absolute atomic E-state index is 13.1. The van der Waals surface area contributed by atoms with Crippen molar-refractivity contribution in [1.29, 1.82) is 0 Å². The largest absolute Gasteiger partial charge is 0.452 e. The molecule has 0 bridgehead atoms. The average Bonchev–Trinajstić information content (AvgIpc) is 3.34. The van der Waals surface area contributed by atoms with E-state index in [9.17, 15) is 24.3 Å². The lowest BCUT2D eigenvalue weighted by molar-refractivity contribution is -0.0603. The minimum atomic E-state index is -1.34. The van der Waals surface area contributed by atoms with Crippen LogP contribution >= 0.6 is 0 Å². The lowest BCUT2D eigenvalue weighted by Gasteiger charge is -2.24. The molecular formula is C30H25N3O8. The summed E-state index contributed by atoms with van der Waals surface area (Å²) in [5.41, 5.74) is -0.0119. The monoisotopic (exact) mass is 555 g/mol. The molecule has 11 heteroatoms. The summed E-state index contributed by atoms with van der Waals surface area (Å²) in [6, 6.07) is 26.0. The fraction of sp³-hybridized carbons (Fsp3) is 0.167. The lowest BCUT2D eigenvalue weighted by Crippen LogP contribution is -2.42. The number of rotatable bonds is 8. The van der Waals surface area contributed by atoms with Gasteiger partial charge in [-0.15, -0.1) is 0 Å². The smallest absolute Gasteiger partial charge is 0.351 e. The zero-order valence-corrected chi connectivity index (χ0v) is 21.5. The number of anilines is 1. The Bertz CT molecular complexity index is 1580. The summed E-state index contributed by atoms with van der Waals surface area (Å²) >= 11 is 0. The van der Waals surface area contributed by atoms with Gasteiger partial charge in [-0.3, -0.25) is 9.36 Å². The van der Waals surface area contributed by atoms with Crippen molar-refractivity contribution in [2.24, 2.45) is 0 Å². The van der Waals surface area contributed by atoms with Crippen LogP contribution in [0.15, 0.2) is 108 Å². The number of aliphatic hydroxyl groups excluding tert-OH is 1. The number of ether oxygens (including phenoxy) is 3. The number of amides is 1. The molecule has 0 unspecified atom stereocenters. The number of carbonyl (C=O) groups excluding carboxylic acids is 3. The van der Waals surface area contributed by atoms with Gasteiger partial charge in [-0.1, -0.05) is 54.6 Å². The van der Waals surface area contributed by atoms with E-state index in [1.807, 2.05) is 0 Å². The van der Waals surface area contributed by atoms with E-state index in [4.69, 9.17) is 14.2 Å². The Morgan fingerprint density at radius 2 is 1.29 bits per heavy atom. The van der Waals surface area contributed by atoms with Crippen molar-refractivity contribution in [2.75, 3.05) is 11.9 Å². The molecule has 1 aliphatic heterocycles. The molecule has 4 atom stereocenters. The molecule has 3 aromatic carbocycles. The van der Waals surface area contributed by atoms with Crippen molar-refractivity contribution in [3.63, 3.8) is 0 Å². The van der Waals surface area contributed by atoms with E-state index in [1.54, 1.807) is 91.0 Å². The Kier molecular flexibility index (Phi) is 8.28. The molecule has 0 saturated carbocycles. The first-order chi connectivity index (χ1) is 19.9. The van der Waals surface area contributed by atoms with Crippen molar-refractivity contribution in [3.05, 3.63) is 130 Å². The predicted octanol–water partition coefficient (Wildman–Crippen LogP) is 2.84. The summed E-state index contributed by atoms with van der Waals surface area (Å²) in [6.45, 7) is -0.601. The second-order valence-corrected chi connectivity index (χ2v) is 9.04. The van der Waals surface area contributed by atoms with E-state index in [0.717, 1.165) is 4.57 Å². The van der Waals surface area contributed by atoms with Crippen molar-refractivity contribution in [1.82, 2.24) is 9.55 Å². The van der Waals surface area contributed by atoms with E-state index in [-0.39, 0.29) is 16.9 Å². The van der Waals surface area contributed by atoms with Crippen LogP contribution in [0.2, 0.25) is 0 Å². The Morgan fingerprint density at radius 3 is 1.80 bits per heavy atom. The normalized spacial score (nSPS) is 19.7. The number of esters is 2. The maximum Gasteiger partial charge on any atom is 0.351 e. The van der Waals surface area contributed by atoms with E-state index in [1.165, 1.54) is 12.3 Å². The molecule has 1 fully saturated rings. The Labute approximate surface area is 233 Å². The van der Waals surface area contributed by atoms with Crippen molar-refractivity contribution < 1.29 is 33.7 Å². The number of hydrogen-bond donors (Lipinski definition) is 2. The number of aromatic nitrogens is 2. The third-order valence-electron chi connectivity index (χ3n) is 6.35. The zero-order valence-electron chi connectivity index (χ0n) is 21.5. The van der Waals surface area contributed by atoms with E-state index < -0.39 is 54.7 Å². The summed E-state index contributed by atoms with van der Waals surface area (Å²) in [5.74, 6) is -1.96. The number of hydrogen-bond acceptors (Lipinski definition) is 9. The van der Waals surface area contributed by atoms with Gasteiger partial charge in [0.15, 0.2) is 18.4 Å². The van der Waals surface area contributed by atoms with Crippen LogP contribution in [0.3, 0.4) is 0 Å². The highest BCUT2D eigenvalue weighted by molar-refractivity contribution is 6.03.